The number of rotatable bonds is 5. The van der Waals surface area contributed by atoms with Crippen molar-refractivity contribution >= 4 is 11.8 Å². The lowest BCUT2D eigenvalue weighted by Crippen LogP contribution is -2.54. The SMILES string of the molecule is COc1ccc(C(=O)N2CCN(C(=O)C(C)(C)c3ccccc3)CC2)c(OC)c1. The molecule has 0 N–H and O–H groups in total. The van der Waals surface area contributed by atoms with Crippen molar-refractivity contribution in [2.75, 3.05) is 40.4 Å². The van der Waals surface area contributed by atoms with Gasteiger partial charge in [0.2, 0.25) is 5.91 Å². The second-order valence-corrected chi connectivity index (χ2v) is 7.64. The van der Waals surface area contributed by atoms with E-state index in [0.717, 1.165) is 5.56 Å². The molecule has 0 unspecified atom stereocenters. The van der Waals surface area contributed by atoms with Gasteiger partial charge in [0, 0.05) is 32.2 Å². The van der Waals surface area contributed by atoms with Crippen LogP contribution in [0.3, 0.4) is 0 Å². The summed E-state index contributed by atoms with van der Waals surface area (Å²) in [7, 11) is 3.11. The second-order valence-electron chi connectivity index (χ2n) is 7.64. The Morgan fingerprint density at radius 3 is 2.07 bits per heavy atom. The first kappa shape index (κ1) is 20.7. The van der Waals surface area contributed by atoms with Crippen LogP contribution in [0, 0.1) is 0 Å². The van der Waals surface area contributed by atoms with Crippen LogP contribution in [0.15, 0.2) is 48.5 Å². The highest BCUT2D eigenvalue weighted by Gasteiger charge is 2.36. The first-order valence-electron chi connectivity index (χ1n) is 9.74. The molecule has 0 atom stereocenters. The van der Waals surface area contributed by atoms with Gasteiger partial charge in [0.1, 0.15) is 11.5 Å². The Hall–Kier alpha value is -3.02. The van der Waals surface area contributed by atoms with Gasteiger partial charge in [-0.1, -0.05) is 30.3 Å². The molecule has 0 saturated carbocycles. The Morgan fingerprint density at radius 2 is 1.48 bits per heavy atom. The Balaban J connectivity index is 1.67. The Bertz CT molecular complexity index is 872. The summed E-state index contributed by atoms with van der Waals surface area (Å²) >= 11 is 0. The fourth-order valence-electron chi connectivity index (χ4n) is 3.63. The molecule has 6 heteroatoms. The van der Waals surface area contributed by atoms with Crippen molar-refractivity contribution in [2.24, 2.45) is 0 Å². The van der Waals surface area contributed by atoms with Crippen molar-refractivity contribution in [3.8, 4) is 11.5 Å². The molecule has 1 fully saturated rings. The maximum Gasteiger partial charge on any atom is 0.257 e. The van der Waals surface area contributed by atoms with Gasteiger partial charge in [-0.3, -0.25) is 9.59 Å². The number of carbonyl (C=O) groups is 2. The monoisotopic (exact) mass is 396 g/mol. The molecule has 0 spiro atoms. The van der Waals surface area contributed by atoms with Crippen LogP contribution in [-0.2, 0) is 10.2 Å². The van der Waals surface area contributed by atoms with Gasteiger partial charge in [-0.15, -0.1) is 0 Å². The third-order valence-electron chi connectivity index (χ3n) is 5.52. The van der Waals surface area contributed by atoms with E-state index >= 15 is 0 Å². The minimum absolute atomic E-state index is 0.0813. The van der Waals surface area contributed by atoms with Crippen LogP contribution in [-0.4, -0.2) is 62.0 Å². The molecule has 29 heavy (non-hydrogen) atoms. The van der Waals surface area contributed by atoms with Crippen LogP contribution >= 0.6 is 0 Å². The smallest absolute Gasteiger partial charge is 0.257 e. The maximum atomic E-state index is 13.1. The van der Waals surface area contributed by atoms with Crippen molar-refractivity contribution in [3.63, 3.8) is 0 Å². The van der Waals surface area contributed by atoms with Gasteiger partial charge in [-0.2, -0.15) is 0 Å². The highest BCUT2D eigenvalue weighted by atomic mass is 16.5. The summed E-state index contributed by atoms with van der Waals surface area (Å²) in [6, 6.07) is 15.0. The molecular formula is C23H28N2O4. The zero-order valence-electron chi connectivity index (χ0n) is 17.5. The van der Waals surface area contributed by atoms with Crippen molar-refractivity contribution in [1.29, 1.82) is 0 Å². The van der Waals surface area contributed by atoms with Crippen molar-refractivity contribution in [1.82, 2.24) is 9.80 Å². The second kappa shape index (κ2) is 8.55. The highest BCUT2D eigenvalue weighted by Crippen LogP contribution is 2.28. The van der Waals surface area contributed by atoms with E-state index in [9.17, 15) is 9.59 Å². The summed E-state index contributed by atoms with van der Waals surface area (Å²) in [4.78, 5) is 29.7. The first-order chi connectivity index (χ1) is 13.9. The summed E-state index contributed by atoms with van der Waals surface area (Å²) in [5.74, 6) is 1.10. The number of nitrogens with zero attached hydrogens (tertiary/aromatic N) is 2. The van der Waals surface area contributed by atoms with Crippen LogP contribution in [0.2, 0.25) is 0 Å². The van der Waals surface area contributed by atoms with Gasteiger partial charge in [0.15, 0.2) is 0 Å². The molecule has 0 aliphatic carbocycles. The lowest BCUT2D eigenvalue weighted by atomic mass is 9.83. The van der Waals surface area contributed by atoms with Gasteiger partial charge in [0.25, 0.3) is 5.91 Å². The fourth-order valence-corrected chi connectivity index (χ4v) is 3.63. The van der Waals surface area contributed by atoms with E-state index in [2.05, 4.69) is 0 Å². The molecule has 1 saturated heterocycles. The van der Waals surface area contributed by atoms with Crippen molar-refractivity contribution in [2.45, 2.75) is 19.3 Å². The van der Waals surface area contributed by atoms with Crippen molar-refractivity contribution < 1.29 is 19.1 Å². The van der Waals surface area contributed by atoms with E-state index < -0.39 is 5.41 Å². The average Bonchev–Trinajstić information content (AvgIpc) is 2.78. The standard InChI is InChI=1S/C23H28N2O4/c1-23(2,17-8-6-5-7-9-17)22(27)25-14-12-24(13-15-25)21(26)19-11-10-18(28-3)16-20(19)29-4/h5-11,16H,12-15H2,1-4H3. The van der Waals surface area contributed by atoms with E-state index in [0.29, 0.717) is 43.2 Å². The molecule has 1 heterocycles. The van der Waals surface area contributed by atoms with Crippen LogP contribution < -0.4 is 9.47 Å². The number of amides is 2. The number of hydrogen-bond donors (Lipinski definition) is 0. The van der Waals surface area contributed by atoms with E-state index in [-0.39, 0.29) is 11.8 Å². The Labute approximate surface area is 172 Å². The molecule has 0 radical (unpaired) electrons. The van der Waals surface area contributed by atoms with E-state index in [1.165, 1.54) is 7.11 Å². The molecule has 1 aliphatic heterocycles. The third-order valence-corrected chi connectivity index (χ3v) is 5.52. The summed E-state index contributed by atoms with van der Waals surface area (Å²) in [5.41, 5.74) is 0.885. The van der Waals surface area contributed by atoms with Gasteiger partial charge in [-0.05, 0) is 31.5 Å². The number of ether oxygens (including phenoxy) is 2. The lowest BCUT2D eigenvalue weighted by Gasteiger charge is -2.39. The normalized spacial score (nSPS) is 14.5. The molecule has 2 amide bonds. The zero-order valence-corrected chi connectivity index (χ0v) is 17.5. The predicted octanol–water partition coefficient (Wildman–Crippen LogP) is 2.97. The number of benzene rings is 2. The van der Waals surface area contributed by atoms with E-state index in [1.54, 1.807) is 30.2 Å². The minimum Gasteiger partial charge on any atom is -0.497 e. The van der Waals surface area contributed by atoms with Crippen LogP contribution in [0.4, 0.5) is 0 Å². The topological polar surface area (TPSA) is 59.1 Å². The molecule has 154 valence electrons. The molecule has 0 aromatic heterocycles. The zero-order chi connectivity index (χ0) is 21.0. The first-order valence-corrected chi connectivity index (χ1v) is 9.74. The highest BCUT2D eigenvalue weighted by molar-refractivity contribution is 5.97. The third kappa shape index (κ3) is 4.21. The number of hydrogen-bond acceptors (Lipinski definition) is 4. The Morgan fingerprint density at radius 1 is 0.862 bits per heavy atom. The van der Waals surface area contributed by atoms with Gasteiger partial charge in [0.05, 0.1) is 25.2 Å². The van der Waals surface area contributed by atoms with Gasteiger partial charge < -0.3 is 19.3 Å². The maximum absolute atomic E-state index is 13.1. The number of methoxy groups -OCH3 is 2. The van der Waals surface area contributed by atoms with E-state index in [4.69, 9.17) is 9.47 Å². The Kier molecular flexibility index (Phi) is 6.11. The summed E-state index contributed by atoms with van der Waals surface area (Å²) < 4.78 is 10.6. The van der Waals surface area contributed by atoms with E-state index in [1.807, 2.05) is 49.1 Å². The lowest BCUT2D eigenvalue weighted by molar-refractivity contribution is -0.137. The molecular weight excluding hydrogens is 368 g/mol. The van der Waals surface area contributed by atoms with Gasteiger partial charge >= 0.3 is 0 Å². The van der Waals surface area contributed by atoms with Crippen LogP contribution in [0.1, 0.15) is 29.8 Å². The average molecular weight is 396 g/mol. The molecule has 3 rings (SSSR count). The molecule has 2 aromatic rings. The predicted molar refractivity (Wildman–Crippen MR) is 111 cm³/mol. The van der Waals surface area contributed by atoms with Crippen LogP contribution in [0.5, 0.6) is 11.5 Å². The molecule has 0 bridgehead atoms. The summed E-state index contributed by atoms with van der Waals surface area (Å²) in [6.07, 6.45) is 0. The summed E-state index contributed by atoms with van der Waals surface area (Å²) in [5, 5.41) is 0. The minimum atomic E-state index is -0.605. The molecule has 2 aromatic carbocycles. The summed E-state index contributed by atoms with van der Waals surface area (Å²) in [6.45, 7) is 5.91. The van der Waals surface area contributed by atoms with Gasteiger partial charge in [-0.25, -0.2) is 0 Å². The molecule has 1 aliphatic rings. The molecule has 6 nitrogen and oxygen atoms in total. The fraction of sp³-hybridized carbons (Fsp3) is 0.391. The quantitative estimate of drug-likeness (QED) is 0.780. The number of piperazine rings is 1. The van der Waals surface area contributed by atoms with Crippen molar-refractivity contribution in [3.05, 3.63) is 59.7 Å². The number of carbonyl (C=O) groups excluding carboxylic acids is 2. The largest absolute Gasteiger partial charge is 0.497 e. The van der Waals surface area contributed by atoms with Crippen LogP contribution in [0.25, 0.3) is 0 Å².